The lowest BCUT2D eigenvalue weighted by atomic mass is 9.97. The molecular weight excluding hydrogens is 414 g/mol. The van der Waals surface area contributed by atoms with Crippen LogP contribution in [-0.2, 0) is 22.6 Å². The third kappa shape index (κ3) is 5.72. The van der Waals surface area contributed by atoms with Gasteiger partial charge < -0.3 is 19.5 Å². The van der Waals surface area contributed by atoms with E-state index in [-0.39, 0.29) is 11.9 Å². The maximum atomic E-state index is 12.0. The number of nitrogens with one attached hydrogen (secondary N) is 1. The Morgan fingerprint density at radius 3 is 2.55 bits per heavy atom. The van der Waals surface area contributed by atoms with Gasteiger partial charge in [-0.1, -0.05) is 36.4 Å². The number of aliphatic imine (C=N–C) groups is 1. The summed E-state index contributed by atoms with van der Waals surface area (Å²) in [6.07, 6.45) is 3.51. The van der Waals surface area contributed by atoms with E-state index in [4.69, 9.17) is 9.73 Å². The molecule has 0 bridgehead atoms. The Balaban J connectivity index is 1.36. The summed E-state index contributed by atoms with van der Waals surface area (Å²) in [5.74, 6) is 0.848. The second kappa shape index (κ2) is 11.0. The zero-order chi connectivity index (χ0) is 23.0. The fourth-order valence-corrected chi connectivity index (χ4v) is 4.26. The Labute approximate surface area is 195 Å². The highest BCUT2D eigenvalue weighted by Gasteiger charge is 2.27. The lowest BCUT2D eigenvalue weighted by Gasteiger charge is -2.33. The molecule has 174 valence electrons. The van der Waals surface area contributed by atoms with E-state index in [2.05, 4.69) is 57.0 Å². The Bertz CT molecular complexity index is 1080. The number of esters is 1. The molecule has 2 aromatic carbocycles. The number of hydrogen-bond acceptors (Lipinski definition) is 4. The Kier molecular flexibility index (Phi) is 7.60. The van der Waals surface area contributed by atoms with E-state index in [1.54, 1.807) is 0 Å². The van der Waals surface area contributed by atoms with E-state index in [0.29, 0.717) is 13.2 Å². The summed E-state index contributed by atoms with van der Waals surface area (Å²) < 4.78 is 7.36. The summed E-state index contributed by atoms with van der Waals surface area (Å²) in [5, 5.41) is 3.40. The van der Waals surface area contributed by atoms with Crippen LogP contribution in [0.4, 0.5) is 0 Å². The van der Waals surface area contributed by atoms with Gasteiger partial charge in [0.1, 0.15) is 0 Å². The van der Waals surface area contributed by atoms with Gasteiger partial charge in [-0.05, 0) is 49.9 Å². The normalized spacial score (nSPS) is 15.1. The highest BCUT2D eigenvalue weighted by molar-refractivity contribution is 5.80. The summed E-state index contributed by atoms with van der Waals surface area (Å²) in [6.45, 7) is 8.23. The average molecular weight is 448 g/mol. The molecule has 0 atom stereocenters. The third-order valence-corrected chi connectivity index (χ3v) is 6.06. The highest BCUT2D eigenvalue weighted by Crippen LogP contribution is 2.19. The minimum atomic E-state index is -0.0668. The van der Waals surface area contributed by atoms with Crippen molar-refractivity contribution in [3.8, 4) is 0 Å². The third-order valence-electron chi connectivity index (χ3n) is 6.06. The molecule has 1 aliphatic heterocycles. The van der Waals surface area contributed by atoms with Crippen molar-refractivity contribution in [2.24, 2.45) is 10.9 Å². The minimum Gasteiger partial charge on any atom is -0.466 e. The van der Waals surface area contributed by atoms with E-state index in [9.17, 15) is 4.79 Å². The van der Waals surface area contributed by atoms with Crippen molar-refractivity contribution < 1.29 is 9.53 Å². The SMILES string of the molecule is CCNC(=NCc1ccc(Cn2cnc3ccccc32)cc1)N1CCC(C(=O)OCC)CC1. The fourth-order valence-electron chi connectivity index (χ4n) is 4.26. The first-order valence-electron chi connectivity index (χ1n) is 11.9. The number of guanidine groups is 1. The van der Waals surface area contributed by atoms with E-state index >= 15 is 0 Å². The van der Waals surface area contributed by atoms with Gasteiger partial charge in [0.2, 0.25) is 0 Å². The molecule has 7 heteroatoms. The number of carbonyl (C=O) groups is 1. The monoisotopic (exact) mass is 447 g/mol. The molecule has 3 aromatic rings. The zero-order valence-corrected chi connectivity index (χ0v) is 19.5. The van der Waals surface area contributed by atoms with E-state index in [1.807, 2.05) is 31.5 Å². The fraction of sp³-hybridized carbons (Fsp3) is 0.423. The van der Waals surface area contributed by atoms with Gasteiger partial charge in [-0.25, -0.2) is 9.98 Å². The van der Waals surface area contributed by atoms with Crippen LogP contribution in [0.15, 0.2) is 59.9 Å². The summed E-state index contributed by atoms with van der Waals surface area (Å²) in [7, 11) is 0. The van der Waals surface area contributed by atoms with Crippen LogP contribution < -0.4 is 5.32 Å². The molecule has 2 heterocycles. The smallest absolute Gasteiger partial charge is 0.309 e. The van der Waals surface area contributed by atoms with E-state index < -0.39 is 0 Å². The molecule has 1 N–H and O–H groups in total. The molecule has 1 aromatic heterocycles. The van der Waals surface area contributed by atoms with E-state index in [0.717, 1.165) is 56.0 Å². The van der Waals surface area contributed by atoms with Crippen molar-refractivity contribution in [1.29, 1.82) is 0 Å². The number of aromatic nitrogens is 2. The first-order chi connectivity index (χ1) is 16.2. The van der Waals surface area contributed by atoms with Gasteiger partial charge in [-0.2, -0.15) is 0 Å². The lowest BCUT2D eigenvalue weighted by molar-refractivity contribution is -0.149. The molecule has 0 unspecified atom stereocenters. The zero-order valence-electron chi connectivity index (χ0n) is 19.5. The number of nitrogens with zero attached hydrogens (tertiary/aromatic N) is 4. The summed E-state index contributed by atoms with van der Waals surface area (Å²) in [6, 6.07) is 16.8. The molecule has 0 aliphatic carbocycles. The highest BCUT2D eigenvalue weighted by atomic mass is 16.5. The first kappa shape index (κ1) is 22.8. The second-order valence-corrected chi connectivity index (χ2v) is 8.36. The van der Waals surface area contributed by atoms with Crippen LogP contribution in [0.5, 0.6) is 0 Å². The maximum Gasteiger partial charge on any atom is 0.309 e. The van der Waals surface area contributed by atoms with Crippen molar-refractivity contribution in [2.45, 2.75) is 39.8 Å². The Morgan fingerprint density at radius 1 is 1.09 bits per heavy atom. The standard InChI is InChI=1S/C26H33N5O2/c1-3-27-26(30-15-13-22(14-16-30)25(32)33-4-2)28-17-20-9-11-21(12-10-20)18-31-19-29-23-7-5-6-8-24(23)31/h5-12,19,22H,3-4,13-18H2,1-2H3,(H,27,28). The quantitative estimate of drug-likeness (QED) is 0.339. The van der Waals surface area contributed by atoms with Crippen LogP contribution in [-0.4, -0.2) is 52.6 Å². The number of likely N-dealkylation sites (tertiary alicyclic amines) is 1. The van der Waals surface area contributed by atoms with Crippen LogP contribution in [0.2, 0.25) is 0 Å². The maximum absolute atomic E-state index is 12.0. The Morgan fingerprint density at radius 2 is 1.82 bits per heavy atom. The number of imidazole rings is 1. The van der Waals surface area contributed by atoms with Crippen LogP contribution in [0, 0.1) is 5.92 Å². The number of fused-ring (bicyclic) bond motifs is 1. The summed E-state index contributed by atoms with van der Waals surface area (Å²) >= 11 is 0. The van der Waals surface area contributed by atoms with E-state index in [1.165, 1.54) is 11.1 Å². The number of carbonyl (C=O) groups excluding carboxylic acids is 1. The van der Waals surface area contributed by atoms with Gasteiger partial charge in [0.15, 0.2) is 5.96 Å². The Hall–Kier alpha value is -3.35. The van der Waals surface area contributed by atoms with Crippen molar-refractivity contribution in [3.05, 3.63) is 66.0 Å². The van der Waals surface area contributed by atoms with Gasteiger partial charge in [0.25, 0.3) is 0 Å². The number of hydrogen-bond donors (Lipinski definition) is 1. The molecule has 33 heavy (non-hydrogen) atoms. The number of rotatable bonds is 7. The van der Waals surface area contributed by atoms with Crippen LogP contribution in [0.25, 0.3) is 11.0 Å². The average Bonchev–Trinajstić information content (AvgIpc) is 3.26. The van der Waals surface area contributed by atoms with Crippen LogP contribution in [0.1, 0.15) is 37.8 Å². The largest absolute Gasteiger partial charge is 0.466 e. The molecule has 0 amide bonds. The molecule has 0 saturated carbocycles. The van der Waals surface area contributed by atoms with Gasteiger partial charge in [0, 0.05) is 26.2 Å². The number of ether oxygens (including phenoxy) is 1. The molecule has 4 rings (SSSR count). The van der Waals surface area contributed by atoms with Crippen molar-refractivity contribution in [3.63, 3.8) is 0 Å². The van der Waals surface area contributed by atoms with Crippen LogP contribution in [0.3, 0.4) is 0 Å². The molecule has 1 fully saturated rings. The topological polar surface area (TPSA) is 71.8 Å². The van der Waals surface area contributed by atoms with Gasteiger partial charge >= 0.3 is 5.97 Å². The molecule has 7 nitrogen and oxygen atoms in total. The molecular formula is C26H33N5O2. The first-order valence-corrected chi connectivity index (χ1v) is 11.9. The molecule has 1 saturated heterocycles. The summed E-state index contributed by atoms with van der Waals surface area (Å²) in [5.41, 5.74) is 4.57. The summed E-state index contributed by atoms with van der Waals surface area (Å²) in [4.78, 5) is 23.6. The predicted octanol–water partition coefficient (Wildman–Crippen LogP) is 3.83. The van der Waals surface area contributed by atoms with Crippen molar-refractivity contribution in [2.75, 3.05) is 26.2 Å². The predicted molar refractivity (Wildman–Crippen MR) is 131 cm³/mol. The number of para-hydroxylation sites is 2. The van der Waals surface area contributed by atoms with Gasteiger partial charge in [0.05, 0.1) is 36.4 Å². The van der Waals surface area contributed by atoms with Crippen LogP contribution >= 0.6 is 0 Å². The number of piperidine rings is 1. The molecule has 0 radical (unpaired) electrons. The minimum absolute atomic E-state index is 0.00392. The second-order valence-electron chi connectivity index (χ2n) is 8.36. The lowest BCUT2D eigenvalue weighted by Crippen LogP contribution is -2.46. The van der Waals surface area contributed by atoms with Gasteiger partial charge in [-0.3, -0.25) is 4.79 Å². The van der Waals surface area contributed by atoms with Gasteiger partial charge in [-0.15, -0.1) is 0 Å². The molecule has 0 spiro atoms. The molecule has 1 aliphatic rings. The van der Waals surface area contributed by atoms with Crippen molar-refractivity contribution >= 4 is 23.0 Å². The number of benzene rings is 2. The van der Waals surface area contributed by atoms with Crippen molar-refractivity contribution in [1.82, 2.24) is 19.8 Å².